The average Bonchev–Trinajstić information content (AvgIpc) is 2.28. The van der Waals surface area contributed by atoms with E-state index in [1.807, 2.05) is 51.1 Å². The van der Waals surface area contributed by atoms with Crippen LogP contribution in [0.2, 0.25) is 0 Å². The minimum Gasteiger partial charge on any atom is -0.457 e. The summed E-state index contributed by atoms with van der Waals surface area (Å²) in [7, 11) is 0. The summed E-state index contributed by atoms with van der Waals surface area (Å²) in [4.78, 5) is 11.9. The van der Waals surface area contributed by atoms with E-state index in [1.165, 1.54) is 0 Å². The number of esters is 1. The van der Waals surface area contributed by atoms with Crippen LogP contribution in [-0.2, 0) is 9.53 Å². The van der Waals surface area contributed by atoms with Gasteiger partial charge in [0.1, 0.15) is 12.0 Å². The summed E-state index contributed by atoms with van der Waals surface area (Å²) in [5.41, 5.74) is 3.29. The number of ether oxygens (including phenoxy) is 1. The van der Waals surface area contributed by atoms with Crippen LogP contribution in [0, 0.1) is 0 Å². The maximum Gasteiger partial charge on any atom is 0.318 e. The summed E-state index contributed by atoms with van der Waals surface area (Å²) in [6, 6.07) is 9.79. The lowest BCUT2D eigenvalue weighted by atomic mass is 9.86. The molecule has 2 nitrogen and oxygen atoms in total. The van der Waals surface area contributed by atoms with Gasteiger partial charge in [0.05, 0.1) is 0 Å². The lowest BCUT2D eigenvalue weighted by Crippen LogP contribution is -2.29. The molecule has 2 rings (SSSR count). The van der Waals surface area contributed by atoms with Crippen molar-refractivity contribution in [3.8, 4) is 0 Å². The Morgan fingerprint density at radius 2 is 1.69 bits per heavy atom. The van der Waals surface area contributed by atoms with Crippen molar-refractivity contribution in [1.82, 2.24) is 0 Å². The van der Waals surface area contributed by atoms with E-state index in [9.17, 15) is 4.79 Å². The first kappa shape index (κ1) is 10.9. The highest BCUT2D eigenvalue weighted by Gasteiger charge is 2.32. The minimum absolute atomic E-state index is 0.0903. The molecule has 1 aliphatic rings. The Kier molecular flexibility index (Phi) is 2.82. The number of hydrogen-bond donors (Lipinski definition) is 0. The van der Waals surface area contributed by atoms with Crippen molar-refractivity contribution < 1.29 is 9.53 Å². The van der Waals surface area contributed by atoms with Crippen LogP contribution in [0.15, 0.2) is 41.5 Å². The molecule has 2 atom stereocenters. The van der Waals surface area contributed by atoms with Crippen molar-refractivity contribution in [2.45, 2.75) is 32.8 Å². The number of carbonyl (C=O) groups is 1. The summed E-state index contributed by atoms with van der Waals surface area (Å²) < 4.78 is 5.34. The molecular formula is C14H16O2. The fraction of sp³-hybridized carbons (Fsp3) is 0.357. The lowest BCUT2D eigenvalue weighted by molar-refractivity contribution is -0.149. The predicted molar refractivity (Wildman–Crippen MR) is 63.1 cm³/mol. The average molecular weight is 216 g/mol. The fourth-order valence-electron chi connectivity index (χ4n) is 2.09. The van der Waals surface area contributed by atoms with Crippen molar-refractivity contribution in [3.05, 3.63) is 47.0 Å². The van der Waals surface area contributed by atoms with E-state index in [-0.39, 0.29) is 18.0 Å². The highest BCUT2D eigenvalue weighted by atomic mass is 16.5. The Morgan fingerprint density at radius 3 is 2.31 bits per heavy atom. The number of rotatable bonds is 1. The smallest absolute Gasteiger partial charge is 0.318 e. The van der Waals surface area contributed by atoms with Crippen LogP contribution < -0.4 is 0 Å². The van der Waals surface area contributed by atoms with Crippen LogP contribution in [0.25, 0.3) is 0 Å². The maximum absolute atomic E-state index is 11.9. The van der Waals surface area contributed by atoms with E-state index in [0.717, 1.165) is 16.7 Å². The highest BCUT2D eigenvalue weighted by molar-refractivity contribution is 5.83. The first-order chi connectivity index (χ1) is 7.61. The number of benzene rings is 1. The quantitative estimate of drug-likeness (QED) is 0.532. The lowest BCUT2D eigenvalue weighted by Gasteiger charge is -2.29. The molecule has 0 spiro atoms. The molecule has 1 heterocycles. The van der Waals surface area contributed by atoms with Crippen molar-refractivity contribution in [2.24, 2.45) is 0 Å². The first-order valence-electron chi connectivity index (χ1n) is 5.54. The summed E-state index contributed by atoms with van der Waals surface area (Å²) in [5, 5.41) is 0. The molecule has 1 aromatic rings. The zero-order valence-corrected chi connectivity index (χ0v) is 9.86. The van der Waals surface area contributed by atoms with Crippen molar-refractivity contribution in [1.29, 1.82) is 0 Å². The highest BCUT2D eigenvalue weighted by Crippen LogP contribution is 2.33. The van der Waals surface area contributed by atoms with Crippen LogP contribution in [0.4, 0.5) is 0 Å². The van der Waals surface area contributed by atoms with Gasteiger partial charge in [0.2, 0.25) is 0 Å². The Hall–Kier alpha value is -1.57. The molecular weight excluding hydrogens is 200 g/mol. The largest absolute Gasteiger partial charge is 0.457 e. The Labute approximate surface area is 95.9 Å². The predicted octanol–water partition coefficient (Wildman–Crippen LogP) is 3.05. The van der Waals surface area contributed by atoms with E-state index >= 15 is 0 Å². The summed E-state index contributed by atoms with van der Waals surface area (Å²) in [6.07, 6.45) is -0.0903. The zero-order valence-electron chi connectivity index (χ0n) is 9.86. The Bertz CT molecular complexity index is 431. The fourth-order valence-corrected chi connectivity index (χ4v) is 2.09. The molecule has 1 aliphatic heterocycles. The molecule has 0 radical (unpaired) electrons. The topological polar surface area (TPSA) is 26.3 Å². The van der Waals surface area contributed by atoms with Crippen LogP contribution in [0.5, 0.6) is 0 Å². The van der Waals surface area contributed by atoms with Gasteiger partial charge in [0.15, 0.2) is 0 Å². The Morgan fingerprint density at radius 1 is 1.06 bits per heavy atom. The second-order valence-electron chi connectivity index (χ2n) is 4.29. The summed E-state index contributed by atoms with van der Waals surface area (Å²) in [5.74, 6) is -0.362. The molecule has 0 fully saturated rings. The van der Waals surface area contributed by atoms with Gasteiger partial charge in [-0.25, -0.2) is 0 Å². The molecule has 2 unspecified atom stereocenters. The van der Waals surface area contributed by atoms with Crippen LogP contribution in [-0.4, -0.2) is 12.1 Å². The van der Waals surface area contributed by atoms with E-state index in [2.05, 4.69) is 0 Å². The van der Waals surface area contributed by atoms with Crippen molar-refractivity contribution in [2.75, 3.05) is 0 Å². The zero-order chi connectivity index (χ0) is 11.7. The van der Waals surface area contributed by atoms with Gasteiger partial charge in [-0.3, -0.25) is 4.79 Å². The second-order valence-corrected chi connectivity index (χ2v) is 4.29. The van der Waals surface area contributed by atoms with Gasteiger partial charge in [-0.1, -0.05) is 35.9 Å². The first-order valence-corrected chi connectivity index (χ1v) is 5.54. The van der Waals surface area contributed by atoms with Crippen molar-refractivity contribution >= 4 is 5.97 Å². The van der Waals surface area contributed by atoms with Gasteiger partial charge in [0.25, 0.3) is 0 Å². The van der Waals surface area contributed by atoms with Crippen LogP contribution in [0.1, 0.15) is 32.3 Å². The molecule has 0 aromatic heterocycles. The van der Waals surface area contributed by atoms with Gasteiger partial charge < -0.3 is 4.74 Å². The summed E-state index contributed by atoms with van der Waals surface area (Å²) >= 11 is 0. The normalized spacial score (nSPS) is 25.6. The summed E-state index contributed by atoms with van der Waals surface area (Å²) in [6.45, 7) is 5.96. The van der Waals surface area contributed by atoms with Gasteiger partial charge in [0, 0.05) is 0 Å². The third-order valence-corrected chi connectivity index (χ3v) is 3.33. The van der Waals surface area contributed by atoms with E-state index < -0.39 is 0 Å². The number of hydrogen-bond acceptors (Lipinski definition) is 2. The van der Waals surface area contributed by atoms with Gasteiger partial charge in [-0.2, -0.15) is 0 Å². The second kappa shape index (κ2) is 4.12. The monoisotopic (exact) mass is 216 g/mol. The molecule has 16 heavy (non-hydrogen) atoms. The molecule has 0 saturated carbocycles. The molecule has 0 N–H and O–H groups in total. The molecule has 1 aromatic carbocycles. The van der Waals surface area contributed by atoms with Crippen LogP contribution in [0.3, 0.4) is 0 Å². The minimum atomic E-state index is -0.225. The standard InChI is InChI=1S/C14H16O2/c1-9-10(2)13(14(15)16-11(9)3)12-7-5-4-6-8-12/h4-8,11,13H,1-3H3. The van der Waals surface area contributed by atoms with Gasteiger partial charge in [-0.05, 0) is 31.9 Å². The SMILES string of the molecule is CC1=C(C)C(c2ccccc2)C(=O)OC1C. The Balaban J connectivity index is 2.45. The van der Waals surface area contributed by atoms with Gasteiger partial charge >= 0.3 is 5.97 Å². The van der Waals surface area contributed by atoms with E-state index in [0.29, 0.717) is 0 Å². The van der Waals surface area contributed by atoms with Crippen LogP contribution >= 0.6 is 0 Å². The third kappa shape index (κ3) is 1.75. The molecule has 0 aliphatic carbocycles. The molecule has 84 valence electrons. The molecule has 0 saturated heterocycles. The molecule has 0 bridgehead atoms. The number of carbonyl (C=O) groups excluding carboxylic acids is 1. The third-order valence-electron chi connectivity index (χ3n) is 3.33. The van der Waals surface area contributed by atoms with Gasteiger partial charge in [-0.15, -0.1) is 0 Å². The van der Waals surface area contributed by atoms with Crippen molar-refractivity contribution in [3.63, 3.8) is 0 Å². The molecule has 2 heteroatoms. The molecule has 0 amide bonds. The maximum atomic E-state index is 11.9. The number of cyclic esters (lactones) is 1. The van der Waals surface area contributed by atoms with E-state index in [1.54, 1.807) is 0 Å². The van der Waals surface area contributed by atoms with E-state index in [4.69, 9.17) is 4.74 Å².